The molecule has 3 aromatic rings. The number of para-hydroxylation sites is 1. The molecule has 0 aliphatic carbocycles. The Bertz CT molecular complexity index is 746. The second-order valence-corrected chi connectivity index (χ2v) is 5.48. The van der Waals surface area contributed by atoms with Gasteiger partial charge in [0, 0.05) is 4.47 Å². The molecule has 3 rings (SSSR count). The van der Waals surface area contributed by atoms with Gasteiger partial charge in [0.15, 0.2) is 0 Å². The van der Waals surface area contributed by atoms with Crippen molar-refractivity contribution in [3.05, 3.63) is 63.9 Å². The van der Waals surface area contributed by atoms with Gasteiger partial charge >= 0.3 is 0 Å². The van der Waals surface area contributed by atoms with Crippen molar-refractivity contribution >= 4 is 38.4 Å². The minimum absolute atomic E-state index is 0.189. The molecule has 0 spiro atoms. The van der Waals surface area contributed by atoms with Crippen LogP contribution in [0.2, 0.25) is 5.28 Å². The Labute approximate surface area is 129 Å². The Morgan fingerprint density at radius 1 is 1.00 bits per heavy atom. The lowest BCUT2D eigenvalue weighted by Crippen LogP contribution is -1.99. The lowest BCUT2D eigenvalue weighted by Gasteiger charge is -2.08. The highest BCUT2D eigenvalue weighted by Gasteiger charge is 2.07. The van der Waals surface area contributed by atoms with Crippen molar-refractivity contribution in [1.29, 1.82) is 0 Å². The molecule has 2 aromatic carbocycles. The van der Waals surface area contributed by atoms with E-state index in [1.165, 1.54) is 0 Å². The minimum atomic E-state index is 0.189. The van der Waals surface area contributed by atoms with Crippen LogP contribution in [0.15, 0.2) is 53.0 Å². The number of aromatic nitrogens is 2. The molecule has 0 unspecified atom stereocenters. The molecule has 0 N–H and O–H groups in total. The molecule has 0 saturated heterocycles. The van der Waals surface area contributed by atoms with Crippen LogP contribution in [-0.2, 0) is 6.61 Å². The highest BCUT2D eigenvalue weighted by Crippen LogP contribution is 2.24. The summed E-state index contributed by atoms with van der Waals surface area (Å²) in [5.74, 6) is 0.503. The van der Waals surface area contributed by atoms with E-state index in [0.717, 1.165) is 20.9 Å². The van der Waals surface area contributed by atoms with Gasteiger partial charge in [-0.25, -0.2) is 4.98 Å². The molecule has 20 heavy (non-hydrogen) atoms. The van der Waals surface area contributed by atoms with Crippen molar-refractivity contribution in [1.82, 2.24) is 9.97 Å². The Morgan fingerprint density at radius 3 is 2.55 bits per heavy atom. The summed E-state index contributed by atoms with van der Waals surface area (Å²) in [5.41, 5.74) is 1.84. The van der Waals surface area contributed by atoms with Crippen LogP contribution in [0.1, 0.15) is 5.56 Å². The minimum Gasteiger partial charge on any atom is -0.472 e. The Morgan fingerprint density at radius 2 is 1.75 bits per heavy atom. The SMILES string of the molecule is Clc1nc(OCc2ccc(Br)cc2)c2ccccc2n1. The maximum Gasteiger partial charge on any atom is 0.226 e. The van der Waals surface area contributed by atoms with E-state index in [1.807, 2.05) is 48.5 Å². The summed E-state index contributed by atoms with van der Waals surface area (Å²) in [6.07, 6.45) is 0. The fourth-order valence-electron chi connectivity index (χ4n) is 1.86. The summed E-state index contributed by atoms with van der Waals surface area (Å²) < 4.78 is 6.81. The van der Waals surface area contributed by atoms with E-state index in [1.54, 1.807) is 0 Å². The predicted molar refractivity (Wildman–Crippen MR) is 83.0 cm³/mol. The average molecular weight is 350 g/mol. The van der Waals surface area contributed by atoms with Crippen LogP contribution in [0.5, 0.6) is 5.88 Å². The molecule has 0 saturated carbocycles. The molecular formula is C15H10BrClN2O. The van der Waals surface area contributed by atoms with Gasteiger partial charge in [0.25, 0.3) is 0 Å². The van der Waals surface area contributed by atoms with Crippen LogP contribution < -0.4 is 4.74 Å². The quantitative estimate of drug-likeness (QED) is 0.647. The largest absolute Gasteiger partial charge is 0.472 e. The number of fused-ring (bicyclic) bond motifs is 1. The first-order valence-corrected chi connectivity index (χ1v) is 7.19. The molecule has 3 nitrogen and oxygen atoms in total. The standard InChI is InChI=1S/C15H10BrClN2O/c16-11-7-5-10(6-8-11)9-20-14-12-3-1-2-4-13(12)18-15(17)19-14/h1-8H,9H2. The third-order valence-corrected chi connectivity index (χ3v) is 3.53. The number of hydrogen-bond donors (Lipinski definition) is 0. The second-order valence-electron chi connectivity index (χ2n) is 4.23. The first kappa shape index (κ1) is 13.3. The number of halogens is 2. The summed E-state index contributed by atoms with van der Waals surface area (Å²) in [4.78, 5) is 8.33. The van der Waals surface area contributed by atoms with Gasteiger partial charge in [-0.2, -0.15) is 4.98 Å². The van der Waals surface area contributed by atoms with Crippen LogP contribution in [0.3, 0.4) is 0 Å². The molecule has 0 aliphatic heterocycles. The van der Waals surface area contributed by atoms with E-state index in [2.05, 4.69) is 25.9 Å². The van der Waals surface area contributed by atoms with Gasteiger partial charge in [0.05, 0.1) is 10.9 Å². The summed E-state index contributed by atoms with van der Waals surface area (Å²) >= 11 is 9.32. The lowest BCUT2D eigenvalue weighted by atomic mass is 10.2. The molecule has 0 fully saturated rings. The second kappa shape index (κ2) is 5.77. The summed E-state index contributed by atoms with van der Waals surface area (Å²) in [5, 5.41) is 1.04. The van der Waals surface area contributed by atoms with Gasteiger partial charge in [0.2, 0.25) is 11.2 Å². The van der Waals surface area contributed by atoms with Gasteiger partial charge in [-0.05, 0) is 41.4 Å². The van der Waals surface area contributed by atoms with Crippen molar-refractivity contribution in [3.63, 3.8) is 0 Å². The molecule has 1 aromatic heterocycles. The van der Waals surface area contributed by atoms with Crippen molar-refractivity contribution < 1.29 is 4.74 Å². The van der Waals surface area contributed by atoms with Crippen molar-refractivity contribution in [2.75, 3.05) is 0 Å². The van der Waals surface area contributed by atoms with Crippen LogP contribution in [0, 0.1) is 0 Å². The van der Waals surface area contributed by atoms with E-state index >= 15 is 0 Å². The van der Waals surface area contributed by atoms with Gasteiger partial charge in [-0.1, -0.05) is 40.2 Å². The van der Waals surface area contributed by atoms with E-state index in [0.29, 0.717) is 12.5 Å². The molecule has 5 heteroatoms. The molecule has 100 valence electrons. The third kappa shape index (κ3) is 2.92. The zero-order valence-corrected chi connectivity index (χ0v) is 12.7. The maximum absolute atomic E-state index is 5.92. The lowest BCUT2D eigenvalue weighted by molar-refractivity contribution is 0.297. The first-order valence-electron chi connectivity index (χ1n) is 6.02. The van der Waals surface area contributed by atoms with Gasteiger partial charge in [0.1, 0.15) is 6.61 Å². The van der Waals surface area contributed by atoms with Crippen LogP contribution >= 0.6 is 27.5 Å². The van der Waals surface area contributed by atoms with E-state index in [-0.39, 0.29) is 5.28 Å². The summed E-state index contributed by atoms with van der Waals surface area (Å²) in [6.45, 7) is 0.435. The molecule has 0 atom stereocenters. The zero-order valence-electron chi connectivity index (χ0n) is 10.4. The van der Waals surface area contributed by atoms with Crippen LogP contribution in [0.25, 0.3) is 10.9 Å². The monoisotopic (exact) mass is 348 g/mol. The Kier molecular flexibility index (Phi) is 3.85. The number of benzene rings is 2. The van der Waals surface area contributed by atoms with Crippen molar-refractivity contribution in [2.45, 2.75) is 6.61 Å². The molecule has 1 heterocycles. The van der Waals surface area contributed by atoms with Crippen molar-refractivity contribution in [3.8, 4) is 5.88 Å². The summed E-state index contributed by atoms with van der Waals surface area (Å²) in [6, 6.07) is 15.6. The number of hydrogen-bond acceptors (Lipinski definition) is 3. The van der Waals surface area contributed by atoms with Gasteiger partial charge < -0.3 is 4.74 Å². The fourth-order valence-corrected chi connectivity index (χ4v) is 2.29. The topological polar surface area (TPSA) is 35.0 Å². The first-order chi connectivity index (χ1) is 9.72. The smallest absolute Gasteiger partial charge is 0.226 e. The number of nitrogens with zero attached hydrogens (tertiary/aromatic N) is 2. The van der Waals surface area contributed by atoms with Gasteiger partial charge in [-0.15, -0.1) is 0 Å². The molecule has 0 aliphatic rings. The highest BCUT2D eigenvalue weighted by molar-refractivity contribution is 9.10. The molecule has 0 amide bonds. The number of ether oxygens (including phenoxy) is 1. The zero-order chi connectivity index (χ0) is 13.9. The molecular weight excluding hydrogens is 340 g/mol. The van der Waals surface area contributed by atoms with E-state index in [4.69, 9.17) is 16.3 Å². The predicted octanol–water partition coefficient (Wildman–Crippen LogP) is 4.62. The van der Waals surface area contributed by atoms with Gasteiger partial charge in [-0.3, -0.25) is 0 Å². The Hall–Kier alpha value is -1.65. The number of rotatable bonds is 3. The normalized spacial score (nSPS) is 10.7. The maximum atomic E-state index is 5.92. The molecule has 0 bridgehead atoms. The van der Waals surface area contributed by atoms with E-state index in [9.17, 15) is 0 Å². The van der Waals surface area contributed by atoms with Crippen molar-refractivity contribution in [2.24, 2.45) is 0 Å². The average Bonchev–Trinajstić information content (AvgIpc) is 2.46. The van der Waals surface area contributed by atoms with Crippen LogP contribution in [-0.4, -0.2) is 9.97 Å². The van der Waals surface area contributed by atoms with E-state index < -0.39 is 0 Å². The fraction of sp³-hybridized carbons (Fsp3) is 0.0667. The molecule has 0 radical (unpaired) electrons. The Balaban J connectivity index is 1.88. The highest BCUT2D eigenvalue weighted by atomic mass is 79.9. The third-order valence-electron chi connectivity index (χ3n) is 2.83. The summed E-state index contributed by atoms with van der Waals surface area (Å²) in [7, 11) is 0. The van der Waals surface area contributed by atoms with Crippen LogP contribution in [0.4, 0.5) is 0 Å².